The summed E-state index contributed by atoms with van der Waals surface area (Å²) in [5.41, 5.74) is 5.69. The molecule has 0 saturated heterocycles. The lowest BCUT2D eigenvalue weighted by Crippen LogP contribution is -2.13. The molecular formula is C10H11F2N5. The van der Waals surface area contributed by atoms with Crippen LogP contribution in [0.4, 0.5) is 20.2 Å². The van der Waals surface area contributed by atoms with Crippen LogP contribution in [0.5, 0.6) is 0 Å². The van der Waals surface area contributed by atoms with E-state index in [2.05, 4.69) is 15.6 Å². The Labute approximate surface area is 96.2 Å². The Bertz CT molecular complexity index is 498. The van der Waals surface area contributed by atoms with Crippen molar-refractivity contribution in [2.24, 2.45) is 0 Å². The summed E-state index contributed by atoms with van der Waals surface area (Å²) in [5, 5.41) is 10.1. The number of rotatable bonds is 4. The van der Waals surface area contributed by atoms with Crippen molar-refractivity contribution in [2.75, 3.05) is 17.6 Å². The van der Waals surface area contributed by atoms with Crippen LogP contribution >= 0.6 is 0 Å². The summed E-state index contributed by atoms with van der Waals surface area (Å²) >= 11 is 0. The number of aromatic nitrogens is 3. The van der Waals surface area contributed by atoms with E-state index in [4.69, 9.17) is 5.73 Å². The summed E-state index contributed by atoms with van der Waals surface area (Å²) in [6.45, 7) is 0.851. The highest BCUT2D eigenvalue weighted by Gasteiger charge is 2.10. The van der Waals surface area contributed by atoms with Gasteiger partial charge >= 0.3 is 0 Å². The van der Waals surface area contributed by atoms with E-state index in [0.717, 1.165) is 6.07 Å². The molecule has 90 valence electrons. The second-order valence-electron chi connectivity index (χ2n) is 3.42. The molecule has 5 nitrogen and oxygen atoms in total. The topological polar surface area (TPSA) is 68.8 Å². The van der Waals surface area contributed by atoms with E-state index in [1.165, 1.54) is 12.3 Å². The Kier molecular flexibility index (Phi) is 3.17. The van der Waals surface area contributed by atoms with E-state index in [9.17, 15) is 8.78 Å². The predicted molar refractivity (Wildman–Crippen MR) is 59.3 cm³/mol. The summed E-state index contributed by atoms with van der Waals surface area (Å²) < 4.78 is 27.9. The average Bonchev–Trinajstić information content (AvgIpc) is 2.81. The zero-order valence-corrected chi connectivity index (χ0v) is 8.90. The Morgan fingerprint density at radius 1 is 1.35 bits per heavy atom. The number of anilines is 2. The number of nitrogens with two attached hydrogens (primary N) is 1. The van der Waals surface area contributed by atoms with Crippen LogP contribution in [0.25, 0.3) is 0 Å². The highest BCUT2D eigenvalue weighted by atomic mass is 19.2. The van der Waals surface area contributed by atoms with Gasteiger partial charge in [-0.15, -0.1) is 5.10 Å². The third-order valence-corrected chi connectivity index (χ3v) is 2.24. The molecule has 0 spiro atoms. The average molecular weight is 239 g/mol. The fraction of sp³-hybridized carbons (Fsp3) is 0.200. The van der Waals surface area contributed by atoms with Gasteiger partial charge in [-0.1, -0.05) is 5.21 Å². The normalized spacial score (nSPS) is 10.5. The molecule has 1 aromatic heterocycles. The van der Waals surface area contributed by atoms with Gasteiger partial charge in [-0.2, -0.15) is 0 Å². The zero-order valence-electron chi connectivity index (χ0n) is 8.90. The number of nitrogens with zero attached hydrogens (tertiary/aromatic N) is 3. The molecule has 0 aliphatic carbocycles. The molecule has 0 aliphatic rings. The van der Waals surface area contributed by atoms with Crippen LogP contribution in [-0.4, -0.2) is 21.5 Å². The molecule has 0 aliphatic heterocycles. The number of hydrogen-bond acceptors (Lipinski definition) is 4. The van der Waals surface area contributed by atoms with Crippen LogP contribution in [0.2, 0.25) is 0 Å². The maximum atomic E-state index is 13.4. The fourth-order valence-corrected chi connectivity index (χ4v) is 1.39. The van der Waals surface area contributed by atoms with Crippen molar-refractivity contribution >= 4 is 11.4 Å². The van der Waals surface area contributed by atoms with Gasteiger partial charge in [0.2, 0.25) is 0 Å². The second-order valence-corrected chi connectivity index (χ2v) is 3.42. The van der Waals surface area contributed by atoms with E-state index in [-0.39, 0.29) is 11.4 Å². The van der Waals surface area contributed by atoms with Crippen molar-refractivity contribution < 1.29 is 8.78 Å². The van der Waals surface area contributed by atoms with Gasteiger partial charge in [-0.3, -0.25) is 4.68 Å². The van der Waals surface area contributed by atoms with Crippen LogP contribution < -0.4 is 11.1 Å². The SMILES string of the molecule is Nc1ccc(F)c(F)c1NCCn1ccnn1. The molecule has 2 aromatic rings. The zero-order chi connectivity index (χ0) is 12.3. The number of nitrogens with one attached hydrogen (secondary N) is 1. The van der Waals surface area contributed by atoms with Gasteiger partial charge in [0.15, 0.2) is 11.6 Å². The fourth-order valence-electron chi connectivity index (χ4n) is 1.39. The third kappa shape index (κ3) is 2.49. The Balaban J connectivity index is 2.01. The molecule has 0 fully saturated rings. The van der Waals surface area contributed by atoms with Crippen LogP contribution in [0, 0.1) is 11.6 Å². The van der Waals surface area contributed by atoms with E-state index < -0.39 is 11.6 Å². The molecule has 1 heterocycles. The van der Waals surface area contributed by atoms with Gasteiger partial charge in [0, 0.05) is 12.7 Å². The Hall–Kier alpha value is -2.18. The maximum Gasteiger partial charge on any atom is 0.183 e. The summed E-state index contributed by atoms with van der Waals surface area (Å²) in [6, 6.07) is 2.31. The van der Waals surface area contributed by atoms with Gasteiger partial charge in [0.1, 0.15) is 0 Å². The first-order valence-corrected chi connectivity index (χ1v) is 5.00. The van der Waals surface area contributed by atoms with Crippen molar-refractivity contribution in [3.8, 4) is 0 Å². The van der Waals surface area contributed by atoms with E-state index in [1.54, 1.807) is 10.9 Å². The third-order valence-electron chi connectivity index (χ3n) is 2.24. The van der Waals surface area contributed by atoms with Crippen molar-refractivity contribution in [1.29, 1.82) is 0 Å². The van der Waals surface area contributed by atoms with Crippen molar-refractivity contribution in [2.45, 2.75) is 6.54 Å². The monoisotopic (exact) mass is 239 g/mol. The first-order valence-electron chi connectivity index (χ1n) is 5.00. The van der Waals surface area contributed by atoms with Crippen LogP contribution in [0.1, 0.15) is 0 Å². The highest BCUT2D eigenvalue weighted by molar-refractivity contribution is 5.66. The lowest BCUT2D eigenvalue weighted by atomic mass is 10.2. The minimum Gasteiger partial charge on any atom is -0.397 e. The molecular weight excluding hydrogens is 228 g/mol. The molecule has 1 aromatic carbocycles. The first kappa shape index (κ1) is 11.3. The number of halogens is 2. The van der Waals surface area contributed by atoms with Crippen LogP contribution in [0.3, 0.4) is 0 Å². The minimum absolute atomic E-state index is 0.0230. The van der Waals surface area contributed by atoms with Gasteiger partial charge in [-0.05, 0) is 12.1 Å². The molecule has 7 heteroatoms. The number of hydrogen-bond donors (Lipinski definition) is 2. The standard InChI is InChI=1S/C10H11F2N5/c11-7-1-2-8(13)10(9(7)12)14-3-5-17-6-4-15-16-17/h1-2,4,6,14H,3,5,13H2. The molecule has 0 radical (unpaired) electrons. The predicted octanol–water partition coefficient (Wildman–Crippen LogP) is 1.25. The quantitative estimate of drug-likeness (QED) is 0.788. The lowest BCUT2D eigenvalue weighted by molar-refractivity contribution is 0.510. The summed E-state index contributed by atoms with van der Waals surface area (Å²) in [7, 11) is 0. The molecule has 0 bridgehead atoms. The lowest BCUT2D eigenvalue weighted by Gasteiger charge is -2.10. The van der Waals surface area contributed by atoms with Crippen molar-refractivity contribution in [1.82, 2.24) is 15.0 Å². The molecule has 0 atom stereocenters. The Morgan fingerprint density at radius 2 is 2.18 bits per heavy atom. The first-order chi connectivity index (χ1) is 8.18. The van der Waals surface area contributed by atoms with Crippen LogP contribution in [0.15, 0.2) is 24.5 Å². The minimum atomic E-state index is -0.969. The van der Waals surface area contributed by atoms with Gasteiger partial charge in [-0.25, -0.2) is 8.78 Å². The van der Waals surface area contributed by atoms with E-state index >= 15 is 0 Å². The molecule has 3 N–H and O–H groups in total. The van der Waals surface area contributed by atoms with E-state index in [0.29, 0.717) is 13.1 Å². The molecule has 0 unspecified atom stereocenters. The smallest absolute Gasteiger partial charge is 0.183 e. The highest BCUT2D eigenvalue weighted by Crippen LogP contribution is 2.24. The molecule has 17 heavy (non-hydrogen) atoms. The van der Waals surface area contributed by atoms with Crippen LogP contribution in [-0.2, 0) is 6.54 Å². The summed E-state index contributed by atoms with van der Waals surface area (Å²) in [6.07, 6.45) is 3.21. The van der Waals surface area contributed by atoms with Crippen molar-refractivity contribution in [3.05, 3.63) is 36.2 Å². The number of benzene rings is 1. The maximum absolute atomic E-state index is 13.4. The largest absolute Gasteiger partial charge is 0.397 e. The Morgan fingerprint density at radius 3 is 2.88 bits per heavy atom. The van der Waals surface area contributed by atoms with Gasteiger partial charge in [0.05, 0.1) is 24.1 Å². The van der Waals surface area contributed by atoms with E-state index in [1.807, 2.05) is 0 Å². The number of nitrogen functional groups attached to an aromatic ring is 1. The summed E-state index contributed by atoms with van der Waals surface area (Å²) in [5.74, 6) is -1.90. The van der Waals surface area contributed by atoms with Crippen molar-refractivity contribution in [3.63, 3.8) is 0 Å². The van der Waals surface area contributed by atoms with Gasteiger partial charge < -0.3 is 11.1 Å². The molecule has 2 rings (SSSR count). The van der Waals surface area contributed by atoms with Gasteiger partial charge in [0.25, 0.3) is 0 Å². The second kappa shape index (κ2) is 4.77. The summed E-state index contributed by atoms with van der Waals surface area (Å²) in [4.78, 5) is 0. The molecule has 0 amide bonds. The molecule has 0 saturated carbocycles.